The van der Waals surface area contributed by atoms with Crippen molar-refractivity contribution in [1.29, 1.82) is 0 Å². The molecule has 0 atom stereocenters. The van der Waals surface area contributed by atoms with Crippen LogP contribution in [0, 0.1) is 5.41 Å². The van der Waals surface area contributed by atoms with Gasteiger partial charge < -0.3 is 15.2 Å². The highest BCUT2D eigenvalue weighted by atomic mass is 16.5. The molecule has 1 aliphatic carbocycles. The molecule has 0 aromatic rings. The SMILES string of the molecule is CCC1(C(=O)NC2(C(=O)O)CCOCC2)CCCC1. The lowest BCUT2D eigenvalue weighted by atomic mass is 9.80. The highest BCUT2D eigenvalue weighted by Gasteiger charge is 2.47. The predicted octanol–water partition coefficient (Wildman–Crippen LogP) is 1.71. The summed E-state index contributed by atoms with van der Waals surface area (Å²) >= 11 is 0. The van der Waals surface area contributed by atoms with Crippen molar-refractivity contribution in [2.45, 2.75) is 57.4 Å². The van der Waals surface area contributed by atoms with Gasteiger partial charge in [-0.1, -0.05) is 19.8 Å². The number of hydrogen-bond acceptors (Lipinski definition) is 3. The number of carbonyl (C=O) groups is 2. The number of nitrogens with one attached hydrogen (secondary N) is 1. The third-order valence-electron chi connectivity index (χ3n) is 4.83. The van der Waals surface area contributed by atoms with E-state index in [4.69, 9.17) is 4.74 Å². The lowest BCUT2D eigenvalue weighted by molar-refractivity contribution is -0.154. The maximum Gasteiger partial charge on any atom is 0.329 e. The summed E-state index contributed by atoms with van der Waals surface area (Å²) in [5.74, 6) is -1.01. The molecule has 2 N–H and O–H groups in total. The fraction of sp³-hybridized carbons (Fsp3) is 0.857. The van der Waals surface area contributed by atoms with Crippen LogP contribution in [0.3, 0.4) is 0 Å². The van der Waals surface area contributed by atoms with E-state index in [-0.39, 0.29) is 11.3 Å². The van der Waals surface area contributed by atoms with Gasteiger partial charge in [0.2, 0.25) is 5.91 Å². The van der Waals surface area contributed by atoms with E-state index in [2.05, 4.69) is 5.32 Å². The van der Waals surface area contributed by atoms with E-state index in [1.165, 1.54) is 0 Å². The summed E-state index contributed by atoms with van der Waals surface area (Å²) in [6, 6.07) is 0. The van der Waals surface area contributed by atoms with Crippen LogP contribution >= 0.6 is 0 Å². The van der Waals surface area contributed by atoms with Gasteiger partial charge in [-0.25, -0.2) is 4.79 Å². The molecule has 0 radical (unpaired) electrons. The van der Waals surface area contributed by atoms with Gasteiger partial charge >= 0.3 is 5.97 Å². The van der Waals surface area contributed by atoms with Crippen molar-refractivity contribution in [2.75, 3.05) is 13.2 Å². The summed E-state index contributed by atoms with van der Waals surface area (Å²) in [4.78, 5) is 24.1. The molecule has 5 nitrogen and oxygen atoms in total. The molecule has 1 amide bonds. The zero-order valence-electron chi connectivity index (χ0n) is 11.5. The monoisotopic (exact) mass is 269 g/mol. The van der Waals surface area contributed by atoms with E-state index in [1.807, 2.05) is 6.92 Å². The lowest BCUT2D eigenvalue weighted by Gasteiger charge is -2.37. The molecular formula is C14H23NO4. The average molecular weight is 269 g/mol. The fourth-order valence-corrected chi connectivity index (χ4v) is 3.26. The fourth-order valence-electron chi connectivity index (χ4n) is 3.26. The molecule has 0 spiro atoms. The van der Waals surface area contributed by atoms with Gasteiger partial charge in [0.25, 0.3) is 0 Å². The number of carboxylic acid groups (broad SMARTS) is 1. The molecule has 2 fully saturated rings. The Morgan fingerprint density at radius 3 is 2.21 bits per heavy atom. The smallest absolute Gasteiger partial charge is 0.329 e. The largest absolute Gasteiger partial charge is 0.480 e. The van der Waals surface area contributed by atoms with Crippen LogP contribution < -0.4 is 5.32 Å². The second-order valence-electron chi connectivity index (χ2n) is 5.79. The van der Waals surface area contributed by atoms with E-state index >= 15 is 0 Å². The molecule has 1 saturated carbocycles. The van der Waals surface area contributed by atoms with Crippen molar-refractivity contribution in [2.24, 2.45) is 5.41 Å². The number of ether oxygens (including phenoxy) is 1. The Morgan fingerprint density at radius 2 is 1.74 bits per heavy atom. The Kier molecular flexibility index (Phi) is 4.13. The van der Waals surface area contributed by atoms with Crippen LogP contribution in [-0.2, 0) is 14.3 Å². The van der Waals surface area contributed by atoms with Gasteiger partial charge in [0.1, 0.15) is 5.54 Å². The first-order valence-electron chi connectivity index (χ1n) is 7.18. The normalized spacial score (nSPS) is 24.9. The van der Waals surface area contributed by atoms with E-state index in [0.29, 0.717) is 26.1 Å². The Morgan fingerprint density at radius 1 is 1.16 bits per heavy atom. The van der Waals surface area contributed by atoms with Gasteiger partial charge in [-0.3, -0.25) is 4.79 Å². The first kappa shape index (κ1) is 14.3. The minimum atomic E-state index is -1.12. The minimum absolute atomic E-state index is 0.0724. The van der Waals surface area contributed by atoms with Crippen LogP contribution in [0.15, 0.2) is 0 Å². The van der Waals surface area contributed by atoms with Gasteiger partial charge in [-0.05, 0) is 19.3 Å². The first-order valence-corrected chi connectivity index (χ1v) is 7.18. The summed E-state index contributed by atoms with van der Waals surface area (Å²) in [6.45, 7) is 2.81. The third kappa shape index (κ3) is 2.61. The topological polar surface area (TPSA) is 75.6 Å². The molecule has 5 heteroatoms. The molecule has 108 valence electrons. The summed E-state index contributed by atoms with van der Waals surface area (Å²) in [5.41, 5.74) is -1.47. The van der Waals surface area contributed by atoms with Gasteiger partial charge in [0.15, 0.2) is 0 Å². The molecule has 1 saturated heterocycles. The zero-order valence-corrected chi connectivity index (χ0v) is 11.5. The molecule has 19 heavy (non-hydrogen) atoms. The number of hydrogen-bond donors (Lipinski definition) is 2. The van der Waals surface area contributed by atoms with Crippen LogP contribution in [0.2, 0.25) is 0 Å². The highest BCUT2D eigenvalue weighted by molar-refractivity contribution is 5.90. The highest BCUT2D eigenvalue weighted by Crippen LogP contribution is 2.41. The van der Waals surface area contributed by atoms with Gasteiger partial charge in [0.05, 0.1) is 0 Å². The maximum absolute atomic E-state index is 12.6. The van der Waals surface area contributed by atoms with Gasteiger partial charge in [0, 0.05) is 31.5 Å². The van der Waals surface area contributed by atoms with Crippen LogP contribution in [0.1, 0.15) is 51.9 Å². The molecule has 0 unspecified atom stereocenters. The lowest BCUT2D eigenvalue weighted by Crippen LogP contribution is -2.60. The van der Waals surface area contributed by atoms with E-state index < -0.39 is 11.5 Å². The predicted molar refractivity (Wildman–Crippen MR) is 69.8 cm³/mol. The first-order chi connectivity index (χ1) is 9.05. The summed E-state index contributed by atoms with van der Waals surface area (Å²) in [6.07, 6.45) is 5.37. The molecule has 1 aliphatic heterocycles. The molecule has 1 heterocycles. The van der Waals surface area contributed by atoms with Crippen molar-refractivity contribution >= 4 is 11.9 Å². The second-order valence-corrected chi connectivity index (χ2v) is 5.79. The third-order valence-corrected chi connectivity index (χ3v) is 4.83. The quantitative estimate of drug-likeness (QED) is 0.814. The molecule has 2 aliphatic rings. The number of rotatable bonds is 4. The standard InChI is InChI=1S/C14H23NO4/c1-2-13(5-3-4-6-13)11(16)15-14(12(17)18)7-9-19-10-8-14/h2-10H2,1H3,(H,15,16)(H,17,18). The summed E-state index contributed by atoms with van der Waals surface area (Å²) in [5, 5.41) is 12.3. The van der Waals surface area contributed by atoms with Gasteiger partial charge in [-0.15, -0.1) is 0 Å². The Bertz CT molecular complexity index is 354. The van der Waals surface area contributed by atoms with Gasteiger partial charge in [-0.2, -0.15) is 0 Å². The number of aliphatic carboxylic acids is 1. The molecular weight excluding hydrogens is 246 g/mol. The molecule has 0 bridgehead atoms. The van der Waals surface area contributed by atoms with Crippen LogP contribution in [0.4, 0.5) is 0 Å². The Balaban J connectivity index is 2.12. The van der Waals surface area contributed by atoms with Crippen LogP contribution in [0.25, 0.3) is 0 Å². The molecule has 2 rings (SSSR count). The second kappa shape index (κ2) is 5.49. The number of carbonyl (C=O) groups excluding carboxylic acids is 1. The van der Waals surface area contributed by atoms with Crippen molar-refractivity contribution < 1.29 is 19.4 Å². The summed E-state index contributed by atoms with van der Waals surface area (Å²) < 4.78 is 5.22. The van der Waals surface area contributed by atoms with Crippen LogP contribution in [-0.4, -0.2) is 35.7 Å². The van der Waals surface area contributed by atoms with Crippen LogP contribution in [0.5, 0.6) is 0 Å². The minimum Gasteiger partial charge on any atom is -0.480 e. The number of amides is 1. The average Bonchev–Trinajstić information content (AvgIpc) is 2.89. The van der Waals surface area contributed by atoms with Crippen molar-refractivity contribution in [1.82, 2.24) is 5.32 Å². The molecule has 0 aromatic heterocycles. The maximum atomic E-state index is 12.6. The zero-order chi connectivity index (χ0) is 13.9. The van der Waals surface area contributed by atoms with Crippen molar-refractivity contribution in [3.63, 3.8) is 0 Å². The van der Waals surface area contributed by atoms with E-state index in [0.717, 1.165) is 32.1 Å². The Labute approximate surface area is 113 Å². The van der Waals surface area contributed by atoms with Crippen molar-refractivity contribution in [3.05, 3.63) is 0 Å². The van der Waals surface area contributed by atoms with E-state index in [1.54, 1.807) is 0 Å². The van der Waals surface area contributed by atoms with E-state index in [9.17, 15) is 14.7 Å². The number of carboxylic acids is 1. The summed E-state index contributed by atoms with van der Waals surface area (Å²) in [7, 11) is 0. The van der Waals surface area contributed by atoms with Crippen molar-refractivity contribution in [3.8, 4) is 0 Å². The Hall–Kier alpha value is -1.10. The molecule has 0 aromatic carbocycles.